The highest BCUT2D eigenvalue weighted by Crippen LogP contribution is 2.22. The lowest BCUT2D eigenvalue weighted by Gasteiger charge is -2.11. The van der Waals surface area contributed by atoms with Crippen LogP contribution in [-0.4, -0.2) is 14.5 Å². The normalized spacial score (nSPS) is 11.4. The molecule has 2 aromatic heterocycles. The third kappa shape index (κ3) is 2.41. The van der Waals surface area contributed by atoms with Gasteiger partial charge < -0.3 is 4.57 Å². The molecule has 3 nitrogen and oxygen atoms in total. The van der Waals surface area contributed by atoms with E-state index in [0.717, 1.165) is 34.1 Å². The number of imidazole rings is 1. The molecule has 0 aliphatic heterocycles. The molecular weight excluding hydrogens is 270 g/mol. The number of halogens is 1. The average Bonchev–Trinajstić information content (AvgIpc) is 2.78. The Morgan fingerprint density at radius 3 is 2.80 bits per heavy atom. The molecule has 0 bridgehead atoms. The van der Waals surface area contributed by atoms with Gasteiger partial charge in [-0.15, -0.1) is 0 Å². The number of fused-ring (bicyclic) bond motifs is 1. The topological polar surface area (TPSA) is 30.7 Å². The van der Waals surface area contributed by atoms with Crippen LogP contribution in [0.25, 0.3) is 11.2 Å². The molecular formula is C16H16ClN3. The first kappa shape index (κ1) is 13.1. The first-order valence-corrected chi connectivity index (χ1v) is 7.08. The maximum atomic E-state index is 6.07. The summed E-state index contributed by atoms with van der Waals surface area (Å²) in [5, 5.41) is 0.756. The molecule has 0 spiro atoms. The van der Waals surface area contributed by atoms with E-state index in [1.165, 1.54) is 0 Å². The Bertz CT molecular complexity index is 746. The van der Waals surface area contributed by atoms with Gasteiger partial charge in [0.2, 0.25) is 0 Å². The van der Waals surface area contributed by atoms with Gasteiger partial charge in [-0.3, -0.25) is 0 Å². The Labute approximate surface area is 123 Å². The molecule has 0 saturated carbocycles. The Morgan fingerprint density at radius 2 is 2.05 bits per heavy atom. The van der Waals surface area contributed by atoms with Gasteiger partial charge in [0.25, 0.3) is 0 Å². The molecule has 0 radical (unpaired) electrons. The minimum absolute atomic E-state index is 0.350. The van der Waals surface area contributed by atoms with Crippen molar-refractivity contribution in [2.45, 2.75) is 26.3 Å². The molecule has 0 amide bonds. The molecule has 4 heteroatoms. The van der Waals surface area contributed by atoms with Gasteiger partial charge in [-0.05, 0) is 29.8 Å². The van der Waals surface area contributed by atoms with Crippen molar-refractivity contribution >= 4 is 22.8 Å². The first-order chi connectivity index (χ1) is 9.65. The predicted molar refractivity (Wildman–Crippen MR) is 82.2 cm³/mol. The molecule has 0 aliphatic rings. The molecule has 1 aromatic carbocycles. The van der Waals surface area contributed by atoms with E-state index in [9.17, 15) is 0 Å². The Balaban J connectivity index is 2.11. The van der Waals surface area contributed by atoms with E-state index in [1.54, 1.807) is 0 Å². The van der Waals surface area contributed by atoms with E-state index in [1.807, 2.05) is 36.5 Å². The lowest BCUT2D eigenvalue weighted by Crippen LogP contribution is -2.07. The van der Waals surface area contributed by atoms with Crippen LogP contribution in [0.5, 0.6) is 0 Å². The fourth-order valence-corrected chi connectivity index (χ4v) is 2.60. The van der Waals surface area contributed by atoms with Gasteiger partial charge in [-0.1, -0.05) is 37.6 Å². The van der Waals surface area contributed by atoms with Crippen LogP contribution >= 0.6 is 11.6 Å². The highest BCUT2D eigenvalue weighted by Gasteiger charge is 2.14. The van der Waals surface area contributed by atoms with E-state index in [4.69, 9.17) is 16.6 Å². The molecule has 3 aromatic rings. The zero-order valence-corrected chi connectivity index (χ0v) is 12.3. The van der Waals surface area contributed by atoms with Crippen molar-refractivity contribution in [1.82, 2.24) is 14.5 Å². The molecule has 20 heavy (non-hydrogen) atoms. The molecule has 0 unspecified atom stereocenters. The van der Waals surface area contributed by atoms with Crippen molar-refractivity contribution in [3.63, 3.8) is 0 Å². The largest absolute Gasteiger partial charge is 0.308 e. The van der Waals surface area contributed by atoms with Gasteiger partial charge in [-0.25, -0.2) is 9.97 Å². The van der Waals surface area contributed by atoms with Crippen molar-refractivity contribution in [2.24, 2.45) is 0 Å². The van der Waals surface area contributed by atoms with Crippen molar-refractivity contribution in [3.8, 4) is 0 Å². The number of aromatic nitrogens is 3. The third-order valence-electron chi connectivity index (χ3n) is 3.28. The summed E-state index contributed by atoms with van der Waals surface area (Å²) in [5.74, 6) is 1.40. The average molecular weight is 286 g/mol. The third-order valence-corrected chi connectivity index (χ3v) is 3.51. The standard InChI is InChI=1S/C16H16ClN3/c1-11(2)15-19-14-7-4-8-18-16(14)20(15)10-12-5-3-6-13(17)9-12/h3-9,11H,10H2,1-2H3. The van der Waals surface area contributed by atoms with E-state index in [-0.39, 0.29) is 0 Å². The van der Waals surface area contributed by atoms with E-state index >= 15 is 0 Å². The second kappa shape index (κ2) is 5.25. The van der Waals surface area contributed by atoms with Gasteiger partial charge in [0.1, 0.15) is 11.3 Å². The molecule has 0 fully saturated rings. The number of rotatable bonds is 3. The lowest BCUT2D eigenvalue weighted by molar-refractivity contribution is 0.679. The molecule has 0 saturated heterocycles. The number of benzene rings is 1. The lowest BCUT2D eigenvalue weighted by atomic mass is 10.2. The molecule has 2 heterocycles. The number of hydrogen-bond donors (Lipinski definition) is 0. The van der Waals surface area contributed by atoms with Crippen LogP contribution in [0.2, 0.25) is 5.02 Å². The van der Waals surface area contributed by atoms with Gasteiger partial charge in [0.05, 0.1) is 6.54 Å². The molecule has 0 aliphatic carbocycles. The van der Waals surface area contributed by atoms with Crippen LogP contribution in [0.3, 0.4) is 0 Å². The Hall–Kier alpha value is -1.87. The van der Waals surface area contributed by atoms with Crippen LogP contribution in [-0.2, 0) is 6.54 Å². The maximum absolute atomic E-state index is 6.07. The highest BCUT2D eigenvalue weighted by atomic mass is 35.5. The monoisotopic (exact) mass is 285 g/mol. The minimum atomic E-state index is 0.350. The summed E-state index contributed by atoms with van der Waals surface area (Å²) in [4.78, 5) is 9.17. The molecule has 102 valence electrons. The van der Waals surface area contributed by atoms with Crippen LogP contribution in [0.1, 0.15) is 31.2 Å². The fraction of sp³-hybridized carbons (Fsp3) is 0.250. The summed E-state index contributed by atoms with van der Waals surface area (Å²) < 4.78 is 2.17. The smallest absolute Gasteiger partial charge is 0.160 e. The molecule has 0 N–H and O–H groups in total. The zero-order valence-electron chi connectivity index (χ0n) is 11.5. The number of pyridine rings is 1. The second-order valence-corrected chi connectivity index (χ2v) is 5.62. The summed E-state index contributed by atoms with van der Waals surface area (Å²) in [6, 6.07) is 11.8. The van der Waals surface area contributed by atoms with Crippen molar-refractivity contribution in [3.05, 3.63) is 59.0 Å². The minimum Gasteiger partial charge on any atom is -0.308 e. The van der Waals surface area contributed by atoms with Gasteiger partial charge in [0.15, 0.2) is 5.65 Å². The van der Waals surface area contributed by atoms with Crippen molar-refractivity contribution in [1.29, 1.82) is 0 Å². The maximum Gasteiger partial charge on any atom is 0.160 e. The molecule has 0 atom stereocenters. The molecule has 3 rings (SSSR count). The van der Waals surface area contributed by atoms with Gasteiger partial charge in [0, 0.05) is 17.1 Å². The Morgan fingerprint density at radius 1 is 1.20 bits per heavy atom. The van der Waals surface area contributed by atoms with Crippen LogP contribution in [0.15, 0.2) is 42.6 Å². The summed E-state index contributed by atoms with van der Waals surface area (Å²) in [7, 11) is 0. The summed E-state index contributed by atoms with van der Waals surface area (Å²) in [6.07, 6.45) is 1.81. The zero-order chi connectivity index (χ0) is 14.1. The SMILES string of the molecule is CC(C)c1nc2cccnc2n1Cc1cccc(Cl)c1. The fourth-order valence-electron chi connectivity index (χ4n) is 2.39. The number of hydrogen-bond acceptors (Lipinski definition) is 2. The van der Waals surface area contributed by atoms with Crippen LogP contribution in [0, 0.1) is 0 Å². The van der Waals surface area contributed by atoms with Crippen molar-refractivity contribution in [2.75, 3.05) is 0 Å². The summed E-state index contributed by atoms with van der Waals surface area (Å²) in [6.45, 7) is 5.03. The summed E-state index contributed by atoms with van der Waals surface area (Å²) >= 11 is 6.07. The second-order valence-electron chi connectivity index (χ2n) is 5.19. The van der Waals surface area contributed by atoms with E-state index < -0.39 is 0 Å². The van der Waals surface area contributed by atoms with E-state index in [0.29, 0.717) is 5.92 Å². The predicted octanol–water partition coefficient (Wildman–Crippen LogP) is 4.26. The summed E-state index contributed by atoms with van der Waals surface area (Å²) in [5.41, 5.74) is 3.03. The number of nitrogens with zero attached hydrogens (tertiary/aromatic N) is 3. The Kier molecular flexibility index (Phi) is 3.45. The van der Waals surface area contributed by atoms with E-state index in [2.05, 4.69) is 29.5 Å². The highest BCUT2D eigenvalue weighted by molar-refractivity contribution is 6.30. The van der Waals surface area contributed by atoms with Gasteiger partial charge in [-0.2, -0.15) is 0 Å². The first-order valence-electron chi connectivity index (χ1n) is 6.71. The van der Waals surface area contributed by atoms with Crippen LogP contribution in [0.4, 0.5) is 0 Å². The quantitative estimate of drug-likeness (QED) is 0.720. The van der Waals surface area contributed by atoms with Crippen molar-refractivity contribution < 1.29 is 0 Å². The van der Waals surface area contributed by atoms with Gasteiger partial charge >= 0.3 is 0 Å². The van der Waals surface area contributed by atoms with Crippen LogP contribution < -0.4 is 0 Å².